The highest BCUT2D eigenvalue weighted by molar-refractivity contribution is 5.96. The van der Waals surface area contributed by atoms with Crippen LogP contribution in [0, 0.1) is 5.92 Å². The van der Waals surface area contributed by atoms with E-state index in [9.17, 15) is 19.5 Å². The maximum Gasteiger partial charge on any atom is 0.378 e. The minimum atomic E-state index is -0.636. The number of nitrogens with zero attached hydrogens (tertiary/aromatic N) is 3. The zero-order chi connectivity index (χ0) is 23.0. The van der Waals surface area contributed by atoms with E-state index in [0.29, 0.717) is 37.5 Å². The number of carbonyl (C=O) groups excluding carboxylic acids is 2. The van der Waals surface area contributed by atoms with Crippen LogP contribution in [0.25, 0.3) is 11.7 Å². The molecule has 10 heteroatoms. The second-order valence-corrected chi connectivity index (χ2v) is 8.93. The molecule has 3 heterocycles. The first-order valence-electron chi connectivity index (χ1n) is 11.0. The third-order valence-corrected chi connectivity index (χ3v) is 5.71. The Morgan fingerprint density at radius 2 is 2.16 bits per heavy atom. The van der Waals surface area contributed by atoms with E-state index in [1.165, 1.54) is 10.6 Å². The van der Waals surface area contributed by atoms with E-state index in [-0.39, 0.29) is 35.4 Å². The van der Waals surface area contributed by atoms with E-state index in [1.807, 2.05) is 20.8 Å². The van der Waals surface area contributed by atoms with Gasteiger partial charge in [0.2, 0.25) is 11.5 Å². The second-order valence-electron chi connectivity index (χ2n) is 8.93. The molecule has 1 saturated carbocycles. The Kier molecular flexibility index (Phi) is 6.05. The molecule has 2 aromatic heterocycles. The van der Waals surface area contributed by atoms with E-state index in [1.54, 1.807) is 21.7 Å². The lowest BCUT2D eigenvalue weighted by Crippen LogP contribution is -2.46. The van der Waals surface area contributed by atoms with Crippen molar-refractivity contribution in [2.45, 2.75) is 52.2 Å². The minimum absolute atomic E-state index is 0.0195. The summed E-state index contributed by atoms with van der Waals surface area (Å²) in [5.74, 6) is -0.967. The van der Waals surface area contributed by atoms with Crippen LogP contribution in [0.2, 0.25) is 0 Å². The molecule has 2 aliphatic rings. The third kappa shape index (κ3) is 4.27. The van der Waals surface area contributed by atoms with E-state index in [4.69, 9.17) is 4.74 Å². The summed E-state index contributed by atoms with van der Waals surface area (Å²) in [7, 11) is 0. The van der Waals surface area contributed by atoms with Gasteiger partial charge >= 0.3 is 17.1 Å². The largest absolute Gasteiger partial charge is 0.477 e. The van der Waals surface area contributed by atoms with Gasteiger partial charge in [0, 0.05) is 18.7 Å². The average Bonchev–Trinajstić information content (AvgIpc) is 3.45. The number of ether oxygens (including phenoxy) is 1. The number of aromatic nitrogens is 3. The van der Waals surface area contributed by atoms with Gasteiger partial charge in [0.15, 0.2) is 0 Å². The first kappa shape index (κ1) is 22.1. The molecule has 1 aliphatic carbocycles. The highest BCUT2D eigenvalue weighted by Crippen LogP contribution is 2.21. The molecule has 1 aliphatic heterocycles. The van der Waals surface area contributed by atoms with Gasteiger partial charge in [0.1, 0.15) is 0 Å². The maximum absolute atomic E-state index is 13.1. The molecule has 3 N–H and O–H groups in total. The number of hydrogen-bond acceptors (Lipinski definition) is 5. The average molecular weight is 445 g/mol. The highest BCUT2D eigenvalue weighted by atomic mass is 16.5. The van der Waals surface area contributed by atoms with Crippen molar-refractivity contribution in [1.82, 2.24) is 19.8 Å². The fraction of sp³-hybridized carbons (Fsp3) is 0.545. The number of aromatic hydroxyl groups is 1. The Balaban J connectivity index is 1.75. The SMILES string of the molecule is CC(C)C[n+]1c(O)c(C(=O)NC2CC2)c(=O)n2[nH]cc(/C=C/C(=O)N3CCOC[C@H]3C)c21. The predicted octanol–water partition coefficient (Wildman–Crippen LogP) is 0.429. The van der Waals surface area contributed by atoms with Crippen LogP contribution in [0.4, 0.5) is 0 Å². The van der Waals surface area contributed by atoms with Crippen LogP contribution in [-0.2, 0) is 16.1 Å². The number of H-pyrrole nitrogens is 1. The van der Waals surface area contributed by atoms with Gasteiger partial charge in [0.05, 0.1) is 37.6 Å². The smallest absolute Gasteiger partial charge is 0.378 e. The minimum Gasteiger partial charge on any atom is -0.477 e. The van der Waals surface area contributed by atoms with Crippen molar-refractivity contribution in [3.63, 3.8) is 0 Å². The first-order chi connectivity index (χ1) is 15.3. The summed E-state index contributed by atoms with van der Waals surface area (Å²) < 4.78 is 8.17. The standard InChI is InChI=1S/C22H29N5O5/c1-13(2)11-26-20-15(4-7-17(28)25-8-9-32-12-14(25)3)10-23-27(20)22(31)18(21(26)30)19(29)24-16-5-6-16/h4,7,10,13-14,16H,5-6,8-9,11-12H2,1-3H3,(H2,24,29,30,31)/p+1/b7-4+/t14-/m1/s1. The molecule has 32 heavy (non-hydrogen) atoms. The summed E-state index contributed by atoms with van der Waals surface area (Å²) >= 11 is 0. The van der Waals surface area contributed by atoms with Gasteiger partial charge in [0.25, 0.3) is 5.91 Å². The van der Waals surface area contributed by atoms with Crippen LogP contribution in [-0.4, -0.2) is 63.3 Å². The quantitative estimate of drug-likeness (QED) is 0.441. The van der Waals surface area contributed by atoms with Crippen molar-refractivity contribution >= 4 is 23.5 Å². The Labute approximate surface area is 185 Å². The highest BCUT2D eigenvalue weighted by Gasteiger charge is 2.34. The number of carbonyl (C=O) groups is 2. The number of hydrogen-bond donors (Lipinski definition) is 3. The Bertz CT molecular complexity index is 1130. The number of morpholine rings is 1. The molecule has 0 spiro atoms. The predicted molar refractivity (Wildman–Crippen MR) is 116 cm³/mol. The first-order valence-corrected chi connectivity index (χ1v) is 11.0. The molecule has 0 radical (unpaired) electrons. The summed E-state index contributed by atoms with van der Waals surface area (Å²) in [6.07, 6.45) is 6.41. The second kappa shape index (κ2) is 8.78. The number of nitrogens with one attached hydrogen (secondary N) is 2. The van der Waals surface area contributed by atoms with Crippen LogP contribution in [0.15, 0.2) is 17.1 Å². The summed E-state index contributed by atoms with van der Waals surface area (Å²) in [4.78, 5) is 40.1. The van der Waals surface area contributed by atoms with Crippen molar-refractivity contribution < 1.29 is 24.0 Å². The van der Waals surface area contributed by atoms with Crippen LogP contribution in [0.1, 0.15) is 49.5 Å². The molecular weight excluding hydrogens is 414 g/mol. The summed E-state index contributed by atoms with van der Waals surface area (Å²) in [6.45, 7) is 7.78. The molecule has 2 aromatic rings. The molecule has 4 rings (SSSR count). The molecular formula is C22H30N5O5+. The zero-order valence-corrected chi connectivity index (χ0v) is 18.6. The molecule has 2 fully saturated rings. The molecule has 2 amide bonds. The topological polar surface area (TPSA) is 120 Å². The molecule has 10 nitrogen and oxygen atoms in total. The monoisotopic (exact) mass is 444 g/mol. The molecule has 0 aromatic carbocycles. The number of fused-ring (bicyclic) bond motifs is 1. The number of aromatic amines is 1. The van der Waals surface area contributed by atoms with Crippen molar-refractivity contribution in [3.8, 4) is 5.88 Å². The molecule has 1 atom stereocenters. The van der Waals surface area contributed by atoms with Gasteiger partial charge in [-0.1, -0.05) is 18.4 Å². The van der Waals surface area contributed by atoms with E-state index < -0.39 is 11.5 Å². The lowest BCUT2D eigenvalue weighted by Gasteiger charge is -2.32. The normalized spacial score (nSPS) is 19.2. The van der Waals surface area contributed by atoms with Gasteiger partial charge in [-0.2, -0.15) is 4.57 Å². The lowest BCUT2D eigenvalue weighted by molar-refractivity contribution is -0.686. The Hall–Kier alpha value is -3.14. The van der Waals surface area contributed by atoms with E-state index in [2.05, 4.69) is 10.4 Å². The van der Waals surface area contributed by atoms with Crippen molar-refractivity contribution in [1.29, 1.82) is 0 Å². The fourth-order valence-corrected chi connectivity index (χ4v) is 3.92. The van der Waals surface area contributed by atoms with E-state index >= 15 is 0 Å². The summed E-state index contributed by atoms with van der Waals surface area (Å²) in [5, 5.41) is 16.6. The van der Waals surface area contributed by atoms with Gasteiger partial charge in [-0.05, 0) is 31.8 Å². The van der Waals surface area contributed by atoms with Crippen molar-refractivity contribution in [2.75, 3.05) is 19.8 Å². The number of rotatable bonds is 6. The van der Waals surface area contributed by atoms with Crippen LogP contribution in [0.3, 0.4) is 0 Å². The van der Waals surface area contributed by atoms with Crippen LogP contribution in [0.5, 0.6) is 5.88 Å². The maximum atomic E-state index is 13.1. The van der Waals surface area contributed by atoms with Crippen molar-refractivity contribution in [2.24, 2.45) is 5.92 Å². The van der Waals surface area contributed by atoms with Crippen LogP contribution < -0.4 is 15.4 Å². The Morgan fingerprint density at radius 3 is 2.81 bits per heavy atom. The van der Waals surface area contributed by atoms with Crippen LogP contribution >= 0.6 is 0 Å². The molecule has 0 bridgehead atoms. The fourth-order valence-electron chi connectivity index (χ4n) is 3.92. The van der Waals surface area contributed by atoms with E-state index in [0.717, 1.165) is 12.8 Å². The molecule has 1 saturated heterocycles. The Morgan fingerprint density at radius 1 is 1.41 bits per heavy atom. The number of amides is 2. The zero-order valence-electron chi connectivity index (χ0n) is 18.6. The molecule has 172 valence electrons. The van der Waals surface area contributed by atoms with Gasteiger partial charge in [-0.15, -0.1) is 0 Å². The summed E-state index contributed by atoms with van der Waals surface area (Å²) in [6, 6.07) is 0.0326. The third-order valence-electron chi connectivity index (χ3n) is 5.71. The molecule has 0 unspecified atom stereocenters. The summed E-state index contributed by atoms with van der Waals surface area (Å²) in [5.41, 5.74) is 0.0267. The van der Waals surface area contributed by atoms with Gasteiger partial charge < -0.3 is 20.1 Å². The van der Waals surface area contributed by atoms with Gasteiger partial charge in [-0.3, -0.25) is 9.59 Å². The van der Waals surface area contributed by atoms with Gasteiger partial charge in [-0.25, -0.2) is 9.89 Å². The van der Waals surface area contributed by atoms with Crippen molar-refractivity contribution in [3.05, 3.63) is 33.8 Å². The lowest BCUT2D eigenvalue weighted by atomic mass is 10.2.